The zero-order chi connectivity index (χ0) is 25.1. The summed E-state index contributed by atoms with van der Waals surface area (Å²) in [6, 6.07) is 25.5. The number of nitrogens with one attached hydrogen (secondary N) is 2. The average molecular weight is 499 g/mol. The number of carbonyl (C=O) groups is 2. The molecule has 5 rings (SSSR count). The first kappa shape index (κ1) is 23.4. The van der Waals surface area contributed by atoms with Gasteiger partial charge in [-0.2, -0.15) is 0 Å². The summed E-state index contributed by atoms with van der Waals surface area (Å²) >= 11 is 5.95. The number of hydrogen-bond donors (Lipinski definition) is 2. The topological polar surface area (TPSA) is 83.4 Å². The number of halogens is 1. The summed E-state index contributed by atoms with van der Waals surface area (Å²) in [7, 11) is 0. The van der Waals surface area contributed by atoms with E-state index in [1.54, 1.807) is 71.8 Å². The molecule has 180 valence electrons. The van der Waals surface area contributed by atoms with Gasteiger partial charge in [-0.1, -0.05) is 41.9 Å². The summed E-state index contributed by atoms with van der Waals surface area (Å²) in [5.41, 5.74) is 3.75. The highest BCUT2D eigenvalue weighted by molar-refractivity contribution is 6.30. The number of fused-ring (bicyclic) bond motifs is 1. The van der Waals surface area contributed by atoms with Crippen molar-refractivity contribution >= 4 is 34.9 Å². The Labute approximate surface area is 212 Å². The maximum atomic E-state index is 13.4. The molecule has 0 spiro atoms. The van der Waals surface area contributed by atoms with Gasteiger partial charge in [-0.25, -0.2) is 4.79 Å². The Morgan fingerprint density at radius 3 is 2.14 bits per heavy atom. The molecule has 0 unspecified atom stereocenters. The number of benzene rings is 3. The van der Waals surface area contributed by atoms with Crippen LogP contribution in [0.5, 0.6) is 0 Å². The molecule has 0 radical (unpaired) electrons. The van der Waals surface area contributed by atoms with Crippen LogP contribution in [0.25, 0.3) is 5.69 Å². The fourth-order valence-corrected chi connectivity index (χ4v) is 4.40. The highest BCUT2D eigenvalue weighted by Crippen LogP contribution is 2.26. The Balaban J connectivity index is 1.36. The molecular formula is C28H23ClN4O3. The summed E-state index contributed by atoms with van der Waals surface area (Å²) < 4.78 is 1.52. The molecule has 1 aliphatic heterocycles. The zero-order valence-electron chi connectivity index (χ0n) is 19.2. The summed E-state index contributed by atoms with van der Waals surface area (Å²) in [4.78, 5) is 40.3. The Kier molecular flexibility index (Phi) is 6.56. The lowest BCUT2D eigenvalue weighted by atomic mass is 9.93. The molecule has 2 heterocycles. The van der Waals surface area contributed by atoms with E-state index in [0.717, 1.165) is 11.1 Å². The van der Waals surface area contributed by atoms with E-state index in [9.17, 15) is 14.4 Å². The van der Waals surface area contributed by atoms with Crippen molar-refractivity contribution in [1.29, 1.82) is 0 Å². The van der Waals surface area contributed by atoms with Crippen LogP contribution in [-0.2, 0) is 17.8 Å². The lowest BCUT2D eigenvalue weighted by Crippen LogP contribution is -2.52. The quantitative estimate of drug-likeness (QED) is 0.411. The third kappa shape index (κ3) is 5.01. The number of amides is 3. The minimum absolute atomic E-state index is 0.141. The van der Waals surface area contributed by atoms with E-state index < -0.39 is 6.04 Å². The maximum Gasteiger partial charge on any atom is 0.322 e. The van der Waals surface area contributed by atoms with Crippen molar-refractivity contribution in [2.24, 2.45) is 0 Å². The predicted molar refractivity (Wildman–Crippen MR) is 141 cm³/mol. The van der Waals surface area contributed by atoms with Gasteiger partial charge in [0.1, 0.15) is 6.04 Å². The standard InChI is InChI=1S/C28H23ClN4O3/c29-21-8-10-23(11-9-21)31-28(36)33-18-20-6-2-1-5-19(20)17-25(33)27(35)30-22-12-14-24(15-13-22)32-16-4-3-7-26(32)34/h1-16,25H,17-18H2,(H,30,35)(H,31,36)/t25-/m1/s1. The normalized spacial score (nSPS) is 14.6. The number of hydrogen-bond acceptors (Lipinski definition) is 3. The number of pyridine rings is 1. The third-order valence-corrected chi connectivity index (χ3v) is 6.40. The molecule has 0 aliphatic carbocycles. The summed E-state index contributed by atoms with van der Waals surface area (Å²) in [6.07, 6.45) is 2.08. The van der Waals surface area contributed by atoms with Crippen LogP contribution in [0.1, 0.15) is 11.1 Å². The van der Waals surface area contributed by atoms with E-state index in [0.29, 0.717) is 35.1 Å². The fourth-order valence-electron chi connectivity index (χ4n) is 4.27. The van der Waals surface area contributed by atoms with Crippen LogP contribution < -0.4 is 16.2 Å². The third-order valence-electron chi connectivity index (χ3n) is 6.14. The van der Waals surface area contributed by atoms with Crippen molar-refractivity contribution in [3.63, 3.8) is 0 Å². The van der Waals surface area contributed by atoms with E-state index >= 15 is 0 Å². The molecule has 1 atom stereocenters. The molecule has 2 N–H and O–H groups in total. The number of nitrogens with zero attached hydrogens (tertiary/aromatic N) is 2. The highest BCUT2D eigenvalue weighted by atomic mass is 35.5. The highest BCUT2D eigenvalue weighted by Gasteiger charge is 2.34. The van der Waals surface area contributed by atoms with E-state index in [2.05, 4.69) is 10.6 Å². The molecule has 1 aromatic heterocycles. The van der Waals surface area contributed by atoms with Crippen molar-refractivity contribution < 1.29 is 9.59 Å². The van der Waals surface area contributed by atoms with Gasteiger partial charge < -0.3 is 15.5 Å². The molecule has 0 bridgehead atoms. The largest absolute Gasteiger partial charge is 0.324 e. The Bertz CT molecular complexity index is 1470. The molecule has 0 fully saturated rings. The molecule has 7 nitrogen and oxygen atoms in total. The maximum absolute atomic E-state index is 13.4. The molecular weight excluding hydrogens is 476 g/mol. The molecule has 1 aliphatic rings. The van der Waals surface area contributed by atoms with Crippen LogP contribution in [0, 0.1) is 0 Å². The number of anilines is 2. The molecule has 36 heavy (non-hydrogen) atoms. The van der Waals surface area contributed by atoms with Gasteiger partial charge in [0.2, 0.25) is 5.91 Å². The second-order valence-corrected chi connectivity index (χ2v) is 8.94. The fraction of sp³-hybridized carbons (Fsp3) is 0.107. The van der Waals surface area contributed by atoms with E-state index in [1.165, 1.54) is 10.6 Å². The first-order valence-corrected chi connectivity index (χ1v) is 11.8. The molecule has 8 heteroatoms. The van der Waals surface area contributed by atoms with Gasteiger partial charge in [-0.3, -0.25) is 14.2 Å². The SMILES string of the molecule is O=C(Nc1ccc(-n2ccccc2=O)cc1)[C@H]1Cc2ccccc2CN1C(=O)Nc1ccc(Cl)cc1. The minimum atomic E-state index is -0.705. The van der Waals surface area contributed by atoms with Crippen LogP contribution in [0.2, 0.25) is 5.02 Å². The smallest absolute Gasteiger partial charge is 0.322 e. The van der Waals surface area contributed by atoms with Crippen molar-refractivity contribution in [2.75, 3.05) is 10.6 Å². The Hall–Kier alpha value is -4.36. The van der Waals surface area contributed by atoms with Gasteiger partial charge in [-0.05, 0) is 65.7 Å². The monoisotopic (exact) mass is 498 g/mol. The second kappa shape index (κ2) is 10.1. The first-order valence-electron chi connectivity index (χ1n) is 11.5. The molecule has 3 amide bonds. The van der Waals surface area contributed by atoms with Crippen LogP contribution in [-0.4, -0.2) is 27.4 Å². The van der Waals surface area contributed by atoms with Crippen LogP contribution in [0.3, 0.4) is 0 Å². The summed E-state index contributed by atoms with van der Waals surface area (Å²) in [5.74, 6) is -0.291. The molecule has 0 saturated heterocycles. The Morgan fingerprint density at radius 1 is 0.778 bits per heavy atom. The van der Waals surface area contributed by atoms with Crippen molar-refractivity contribution in [2.45, 2.75) is 19.0 Å². The van der Waals surface area contributed by atoms with E-state index in [1.807, 2.05) is 24.3 Å². The van der Waals surface area contributed by atoms with E-state index in [-0.39, 0.29) is 17.5 Å². The zero-order valence-corrected chi connectivity index (χ0v) is 20.0. The number of rotatable bonds is 4. The lowest BCUT2D eigenvalue weighted by molar-refractivity contribution is -0.120. The van der Waals surface area contributed by atoms with Gasteiger partial charge in [0.05, 0.1) is 0 Å². The molecule has 3 aromatic carbocycles. The first-order chi connectivity index (χ1) is 17.5. The van der Waals surface area contributed by atoms with Crippen LogP contribution in [0.15, 0.2) is 102 Å². The van der Waals surface area contributed by atoms with Gasteiger partial charge in [0.25, 0.3) is 5.56 Å². The summed E-state index contributed by atoms with van der Waals surface area (Å²) in [5, 5.41) is 6.36. The van der Waals surface area contributed by atoms with Gasteiger partial charge in [-0.15, -0.1) is 0 Å². The van der Waals surface area contributed by atoms with E-state index in [4.69, 9.17) is 11.6 Å². The predicted octanol–water partition coefficient (Wildman–Crippen LogP) is 5.09. The van der Waals surface area contributed by atoms with Crippen molar-refractivity contribution in [1.82, 2.24) is 9.47 Å². The van der Waals surface area contributed by atoms with Gasteiger partial charge in [0, 0.05) is 47.3 Å². The molecule has 0 saturated carbocycles. The summed E-state index contributed by atoms with van der Waals surface area (Å²) in [6.45, 7) is 0.309. The number of carbonyl (C=O) groups excluding carboxylic acids is 2. The van der Waals surface area contributed by atoms with Crippen molar-refractivity contribution in [3.8, 4) is 5.69 Å². The van der Waals surface area contributed by atoms with Crippen LogP contribution >= 0.6 is 11.6 Å². The average Bonchev–Trinajstić information content (AvgIpc) is 2.90. The Morgan fingerprint density at radius 2 is 1.42 bits per heavy atom. The minimum Gasteiger partial charge on any atom is -0.324 e. The second-order valence-electron chi connectivity index (χ2n) is 8.50. The van der Waals surface area contributed by atoms with Crippen molar-refractivity contribution in [3.05, 3.63) is 124 Å². The lowest BCUT2D eigenvalue weighted by Gasteiger charge is -2.36. The number of urea groups is 1. The van der Waals surface area contributed by atoms with Gasteiger partial charge >= 0.3 is 6.03 Å². The van der Waals surface area contributed by atoms with Crippen LogP contribution in [0.4, 0.5) is 16.2 Å². The van der Waals surface area contributed by atoms with Gasteiger partial charge in [0.15, 0.2) is 0 Å². The number of aromatic nitrogens is 1. The molecule has 4 aromatic rings.